The monoisotopic (exact) mass is 301 g/mol. The number of rotatable bonds is 3. The summed E-state index contributed by atoms with van der Waals surface area (Å²) in [5.41, 5.74) is 1.49. The summed E-state index contributed by atoms with van der Waals surface area (Å²) in [5, 5.41) is 0. The molecule has 1 heterocycles. The first-order valence-corrected chi connectivity index (χ1v) is 7.28. The van der Waals surface area contributed by atoms with Crippen LogP contribution in [0.4, 0.5) is 8.78 Å². The highest BCUT2D eigenvalue weighted by Gasteiger charge is 2.37. The minimum Gasteiger partial charge on any atom is -0.305 e. The molecule has 2 aromatic carbocycles. The van der Waals surface area contributed by atoms with Gasteiger partial charge in [0, 0.05) is 30.5 Å². The average molecular weight is 301 g/mol. The molecule has 1 saturated heterocycles. The van der Waals surface area contributed by atoms with Gasteiger partial charge in [0.2, 0.25) is 0 Å². The molecule has 0 spiro atoms. The molecule has 0 aromatic heterocycles. The molecule has 0 unspecified atom stereocenters. The van der Waals surface area contributed by atoms with Crippen molar-refractivity contribution in [1.29, 1.82) is 0 Å². The van der Waals surface area contributed by atoms with Gasteiger partial charge in [0.05, 0.1) is 0 Å². The van der Waals surface area contributed by atoms with Gasteiger partial charge in [-0.3, -0.25) is 4.79 Å². The van der Waals surface area contributed by atoms with Crippen LogP contribution in [0.25, 0.3) is 0 Å². The smallest absolute Gasteiger partial charge is 0.167 e. The van der Waals surface area contributed by atoms with E-state index in [2.05, 4.69) is 4.90 Å². The summed E-state index contributed by atoms with van der Waals surface area (Å²) in [6.07, 6.45) is 0. The van der Waals surface area contributed by atoms with Gasteiger partial charge in [-0.25, -0.2) is 8.78 Å². The van der Waals surface area contributed by atoms with Gasteiger partial charge in [-0.1, -0.05) is 12.1 Å². The van der Waals surface area contributed by atoms with Crippen molar-refractivity contribution in [3.8, 4) is 0 Å². The minimum atomic E-state index is -0.352. The van der Waals surface area contributed by atoms with Crippen molar-refractivity contribution in [2.75, 3.05) is 20.1 Å². The van der Waals surface area contributed by atoms with Crippen LogP contribution >= 0.6 is 0 Å². The van der Waals surface area contributed by atoms with Gasteiger partial charge in [0.25, 0.3) is 0 Å². The van der Waals surface area contributed by atoms with Gasteiger partial charge in [0.1, 0.15) is 11.6 Å². The van der Waals surface area contributed by atoms with Crippen LogP contribution in [0.1, 0.15) is 21.8 Å². The molecule has 2 nitrogen and oxygen atoms in total. The van der Waals surface area contributed by atoms with Crippen molar-refractivity contribution in [3.05, 3.63) is 71.3 Å². The lowest BCUT2D eigenvalue weighted by molar-refractivity contribution is 0.0915. The lowest BCUT2D eigenvalue weighted by Gasteiger charge is -2.18. The number of Topliss-reactive ketones (excluding diaryl/α,β-unsaturated/α-hetero) is 1. The summed E-state index contributed by atoms with van der Waals surface area (Å²) in [7, 11) is 1.97. The van der Waals surface area contributed by atoms with Gasteiger partial charge >= 0.3 is 0 Å². The predicted molar refractivity (Wildman–Crippen MR) is 80.9 cm³/mol. The van der Waals surface area contributed by atoms with Crippen molar-refractivity contribution >= 4 is 5.78 Å². The third kappa shape index (κ3) is 2.92. The van der Waals surface area contributed by atoms with Crippen molar-refractivity contribution in [1.82, 2.24) is 4.90 Å². The number of hydrogen-bond acceptors (Lipinski definition) is 2. The maximum Gasteiger partial charge on any atom is 0.167 e. The zero-order valence-electron chi connectivity index (χ0n) is 12.3. The molecule has 114 valence electrons. The van der Waals surface area contributed by atoms with Crippen LogP contribution in [-0.4, -0.2) is 30.8 Å². The van der Waals surface area contributed by atoms with Crippen LogP contribution < -0.4 is 0 Å². The SMILES string of the molecule is CN1C[C@@H](C(=O)c2ccc(F)cc2)[C@H](c2ccc(F)cc2)C1. The highest BCUT2D eigenvalue weighted by Crippen LogP contribution is 2.34. The van der Waals surface area contributed by atoms with Gasteiger partial charge < -0.3 is 4.90 Å². The van der Waals surface area contributed by atoms with Gasteiger partial charge in [-0.15, -0.1) is 0 Å². The standard InChI is InChI=1S/C18H17F2NO/c1-21-10-16(12-2-6-14(19)7-3-12)17(11-21)18(22)13-4-8-15(20)9-5-13/h2-9,16-17H,10-11H2,1H3/t16-,17+/m0/s1. The Morgan fingerprint density at radius 1 is 0.955 bits per heavy atom. The van der Waals surface area contributed by atoms with E-state index >= 15 is 0 Å². The van der Waals surface area contributed by atoms with Crippen LogP contribution in [0.15, 0.2) is 48.5 Å². The van der Waals surface area contributed by atoms with Crippen LogP contribution in [0.5, 0.6) is 0 Å². The Balaban J connectivity index is 1.88. The molecular formula is C18H17F2NO. The van der Waals surface area contributed by atoms with Crippen LogP contribution in [0.3, 0.4) is 0 Å². The Bertz CT molecular complexity index is 666. The van der Waals surface area contributed by atoms with Gasteiger partial charge in [-0.2, -0.15) is 0 Å². The zero-order chi connectivity index (χ0) is 15.7. The van der Waals surface area contributed by atoms with Crippen molar-refractivity contribution in [3.63, 3.8) is 0 Å². The highest BCUT2D eigenvalue weighted by atomic mass is 19.1. The van der Waals surface area contributed by atoms with E-state index < -0.39 is 0 Å². The lowest BCUT2D eigenvalue weighted by atomic mass is 9.84. The van der Waals surface area contributed by atoms with E-state index in [0.717, 1.165) is 12.1 Å². The largest absolute Gasteiger partial charge is 0.305 e. The quantitative estimate of drug-likeness (QED) is 0.809. The fourth-order valence-electron chi connectivity index (χ4n) is 3.14. The molecule has 22 heavy (non-hydrogen) atoms. The van der Waals surface area contributed by atoms with Gasteiger partial charge in [0.15, 0.2) is 5.78 Å². The number of halogens is 2. The molecule has 2 aromatic rings. The Morgan fingerprint density at radius 2 is 1.50 bits per heavy atom. The summed E-state index contributed by atoms with van der Waals surface area (Å²) < 4.78 is 26.1. The second-order valence-electron chi connectivity index (χ2n) is 5.86. The second-order valence-corrected chi connectivity index (χ2v) is 5.86. The maximum absolute atomic E-state index is 13.1. The van der Waals surface area contributed by atoms with E-state index in [9.17, 15) is 13.6 Å². The Labute approximate surface area is 128 Å². The van der Waals surface area contributed by atoms with Crippen molar-refractivity contribution < 1.29 is 13.6 Å². The molecule has 0 aliphatic carbocycles. The third-order valence-electron chi connectivity index (χ3n) is 4.27. The fraction of sp³-hybridized carbons (Fsp3) is 0.278. The first kappa shape index (κ1) is 14.9. The summed E-state index contributed by atoms with van der Waals surface area (Å²) >= 11 is 0. The molecule has 1 fully saturated rings. The molecule has 0 amide bonds. The molecule has 2 atom stereocenters. The van der Waals surface area contributed by atoms with Crippen LogP contribution in [0.2, 0.25) is 0 Å². The fourth-order valence-corrected chi connectivity index (χ4v) is 3.14. The van der Waals surface area contributed by atoms with Crippen LogP contribution in [-0.2, 0) is 0 Å². The minimum absolute atomic E-state index is 0.0127. The molecule has 0 bridgehead atoms. The van der Waals surface area contributed by atoms with E-state index in [0.29, 0.717) is 12.1 Å². The number of nitrogens with zero attached hydrogens (tertiary/aromatic N) is 1. The first-order valence-electron chi connectivity index (χ1n) is 7.28. The molecule has 4 heteroatoms. The molecular weight excluding hydrogens is 284 g/mol. The van der Waals surface area contributed by atoms with Gasteiger partial charge in [-0.05, 0) is 49.0 Å². The van der Waals surface area contributed by atoms with E-state index in [1.807, 2.05) is 7.05 Å². The Morgan fingerprint density at radius 3 is 2.09 bits per heavy atom. The molecule has 1 aliphatic rings. The highest BCUT2D eigenvalue weighted by molar-refractivity contribution is 5.98. The summed E-state index contributed by atoms with van der Waals surface area (Å²) in [6.45, 7) is 1.40. The number of likely N-dealkylation sites (tertiary alicyclic amines) is 1. The summed E-state index contributed by atoms with van der Waals surface area (Å²) in [5.74, 6) is -0.783. The average Bonchev–Trinajstić information content (AvgIpc) is 2.90. The molecule has 0 N–H and O–H groups in total. The number of likely N-dealkylation sites (N-methyl/N-ethyl adjacent to an activating group) is 1. The summed E-state index contributed by atoms with van der Waals surface area (Å²) in [4.78, 5) is 14.8. The van der Waals surface area contributed by atoms with E-state index in [4.69, 9.17) is 0 Å². The van der Waals surface area contributed by atoms with E-state index in [1.165, 1.54) is 36.4 Å². The second kappa shape index (κ2) is 5.97. The third-order valence-corrected chi connectivity index (χ3v) is 4.27. The molecule has 0 radical (unpaired) electrons. The molecule has 0 saturated carbocycles. The Kier molecular flexibility index (Phi) is 4.03. The molecule has 3 rings (SSSR count). The van der Waals surface area contributed by atoms with Crippen LogP contribution in [0, 0.1) is 17.6 Å². The Hall–Kier alpha value is -2.07. The van der Waals surface area contributed by atoms with E-state index in [1.54, 1.807) is 12.1 Å². The van der Waals surface area contributed by atoms with Crippen molar-refractivity contribution in [2.45, 2.75) is 5.92 Å². The normalized spacial score (nSPS) is 22.0. The zero-order valence-corrected chi connectivity index (χ0v) is 12.3. The van der Waals surface area contributed by atoms with E-state index in [-0.39, 0.29) is 29.3 Å². The lowest BCUT2D eigenvalue weighted by Crippen LogP contribution is -2.22. The van der Waals surface area contributed by atoms with Crippen molar-refractivity contribution in [2.24, 2.45) is 5.92 Å². The maximum atomic E-state index is 13.1. The number of benzene rings is 2. The molecule has 1 aliphatic heterocycles. The number of carbonyl (C=O) groups is 1. The first-order chi connectivity index (χ1) is 10.5. The topological polar surface area (TPSA) is 20.3 Å². The summed E-state index contributed by atoms with van der Waals surface area (Å²) in [6, 6.07) is 12.0. The number of carbonyl (C=O) groups excluding carboxylic acids is 1. The predicted octanol–water partition coefficient (Wildman–Crippen LogP) is 3.49. The number of ketones is 1. The number of hydrogen-bond donors (Lipinski definition) is 0.